The summed E-state index contributed by atoms with van der Waals surface area (Å²) in [6, 6.07) is 20.7. The van der Waals surface area contributed by atoms with Gasteiger partial charge in [0.15, 0.2) is 5.75 Å². The van der Waals surface area contributed by atoms with Crippen molar-refractivity contribution < 1.29 is 9.50 Å². The van der Waals surface area contributed by atoms with Crippen LogP contribution in [-0.2, 0) is 13.1 Å². The molecule has 4 N–H and O–H groups in total. The number of rotatable bonds is 6. The number of pyridine rings is 1. The van der Waals surface area contributed by atoms with E-state index in [4.69, 9.17) is 5.73 Å². The average molecular weight is 496 g/mol. The highest BCUT2D eigenvalue weighted by atomic mass is 19.1. The second-order valence-corrected chi connectivity index (χ2v) is 10.1. The third kappa shape index (κ3) is 4.96. The standard InChI is InChI=1S/C30H30FN5O/c1-30(2,3)35-16-21-8-4-5-10-23(21)20-11-12-24(25(31)14-20)27-29(37)28-26(17-33-27)34-18-36(28)22-9-6-7-19(13-22)15-32/h4-14,17-18,35,37H,15-16,32H2,1-3H3. The average Bonchev–Trinajstić information content (AvgIpc) is 3.33. The number of hydrogen-bond donors (Lipinski definition) is 3. The number of aromatic nitrogens is 3. The van der Waals surface area contributed by atoms with E-state index in [1.807, 2.05) is 54.6 Å². The molecular formula is C30H30FN5O. The molecule has 3 aromatic carbocycles. The molecule has 5 rings (SSSR count). The summed E-state index contributed by atoms with van der Waals surface area (Å²) in [5.41, 5.74) is 11.7. The van der Waals surface area contributed by atoms with E-state index in [0.29, 0.717) is 24.1 Å². The maximum absolute atomic E-state index is 15.6. The number of imidazole rings is 1. The Morgan fingerprint density at radius 1 is 0.973 bits per heavy atom. The molecule has 7 heteroatoms. The zero-order valence-electron chi connectivity index (χ0n) is 21.2. The van der Waals surface area contributed by atoms with Crippen LogP contribution in [-0.4, -0.2) is 25.2 Å². The number of aromatic hydroxyl groups is 1. The van der Waals surface area contributed by atoms with Gasteiger partial charge in [0.1, 0.15) is 28.9 Å². The molecule has 0 spiro atoms. The number of nitrogens with one attached hydrogen (secondary N) is 1. The van der Waals surface area contributed by atoms with Gasteiger partial charge in [-0.25, -0.2) is 14.4 Å². The van der Waals surface area contributed by atoms with E-state index in [2.05, 4.69) is 36.1 Å². The monoisotopic (exact) mass is 495 g/mol. The van der Waals surface area contributed by atoms with Gasteiger partial charge in [-0.1, -0.05) is 42.5 Å². The number of nitrogens with two attached hydrogens (primary N) is 1. The van der Waals surface area contributed by atoms with E-state index in [9.17, 15) is 5.11 Å². The van der Waals surface area contributed by atoms with Crippen molar-refractivity contribution in [3.8, 4) is 33.8 Å². The van der Waals surface area contributed by atoms with E-state index < -0.39 is 5.82 Å². The quantitative estimate of drug-likeness (QED) is 0.271. The Hall–Kier alpha value is -4.07. The van der Waals surface area contributed by atoms with E-state index in [-0.39, 0.29) is 22.5 Å². The Labute approximate surface area is 215 Å². The van der Waals surface area contributed by atoms with Crippen LogP contribution in [0.5, 0.6) is 5.75 Å². The molecule has 188 valence electrons. The number of benzene rings is 3. The Kier molecular flexibility index (Phi) is 6.50. The minimum absolute atomic E-state index is 0.0395. The SMILES string of the molecule is CC(C)(C)NCc1ccccc1-c1ccc(-c2ncc3ncn(-c4cccc(CN)c4)c3c2O)c(F)c1. The van der Waals surface area contributed by atoms with E-state index in [0.717, 1.165) is 27.9 Å². The van der Waals surface area contributed by atoms with Gasteiger partial charge in [0.05, 0.1) is 6.20 Å². The molecule has 0 saturated carbocycles. The predicted octanol–water partition coefficient (Wildman–Crippen LogP) is 5.95. The second-order valence-electron chi connectivity index (χ2n) is 10.1. The van der Waals surface area contributed by atoms with Gasteiger partial charge in [-0.05, 0) is 67.3 Å². The van der Waals surface area contributed by atoms with Crippen molar-refractivity contribution in [3.05, 3.63) is 96.2 Å². The normalized spacial score (nSPS) is 11.8. The Bertz CT molecular complexity index is 1590. The predicted molar refractivity (Wildman–Crippen MR) is 146 cm³/mol. The molecule has 0 unspecified atom stereocenters. The summed E-state index contributed by atoms with van der Waals surface area (Å²) in [7, 11) is 0. The number of halogens is 1. The minimum atomic E-state index is -0.463. The molecule has 2 aromatic heterocycles. The molecule has 6 nitrogen and oxygen atoms in total. The maximum atomic E-state index is 15.6. The first-order chi connectivity index (χ1) is 17.7. The van der Waals surface area contributed by atoms with Crippen molar-refractivity contribution in [1.29, 1.82) is 0 Å². The summed E-state index contributed by atoms with van der Waals surface area (Å²) in [4.78, 5) is 8.74. The van der Waals surface area contributed by atoms with Gasteiger partial charge in [0.25, 0.3) is 0 Å². The van der Waals surface area contributed by atoms with Crippen molar-refractivity contribution >= 4 is 11.0 Å². The van der Waals surface area contributed by atoms with E-state index in [1.165, 1.54) is 6.07 Å². The lowest BCUT2D eigenvalue weighted by Crippen LogP contribution is -2.35. The zero-order chi connectivity index (χ0) is 26.2. The zero-order valence-corrected chi connectivity index (χ0v) is 21.2. The molecule has 0 bridgehead atoms. The third-order valence-electron chi connectivity index (χ3n) is 6.35. The lowest BCUT2D eigenvalue weighted by molar-refractivity contribution is 0.424. The van der Waals surface area contributed by atoms with Gasteiger partial charge in [-0.2, -0.15) is 0 Å². The fraction of sp³-hybridized carbons (Fsp3) is 0.200. The minimum Gasteiger partial charge on any atom is -0.504 e. The molecule has 0 fully saturated rings. The largest absolute Gasteiger partial charge is 0.504 e. The molecular weight excluding hydrogens is 465 g/mol. The summed E-state index contributed by atoms with van der Waals surface area (Å²) < 4.78 is 17.3. The fourth-order valence-electron chi connectivity index (χ4n) is 4.41. The summed E-state index contributed by atoms with van der Waals surface area (Å²) in [5.74, 6) is -0.594. The molecule has 0 aliphatic rings. The summed E-state index contributed by atoms with van der Waals surface area (Å²) in [6.45, 7) is 7.40. The van der Waals surface area contributed by atoms with Gasteiger partial charge in [0.2, 0.25) is 0 Å². The molecule has 5 aromatic rings. The molecule has 2 heterocycles. The highest BCUT2D eigenvalue weighted by Crippen LogP contribution is 2.37. The smallest absolute Gasteiger partial charge is 0.168 e. The van der Waals surface area contributed by atoms with Gasteiger partial charge < -0.3 is 16.2 Å². The fourth-order valence-corrected chi connectivity index (χ4v) is 4.41. The summed E-state index contributed by atoms with van der Waals surface area (Å²) >= 11 is 0. The van der Waals surface area contributed by atoms with Gasteiger partial charge in [-0.15, -0.1) is 0 Å². The Morgan fingerprint density at radius 3 is 2.54 bits per heavy atom. The third-order valence-corrected chi connectivity index (χ3v) is 6.35. The van der Waals surface area contributed by atoms with Crippen LogP contribution < -0.4 is 11.1 Å². The summed E-state index contributed by atoms with van der Waals surface area (Å²) in [6.07, 6.45) is 3.17. The van der Waals surface area contributed by atoms with Crippen molar-refractivity contribution in [2.75, 3.05) is 0 Å². The first-order valence-electron chi connectivity index (χ1n) is 12.2. The van der Waals surface area contributed by atoms with E-state index in [1.54, 1.807) is 23.2 Å². The highest BCUT2D eigenvalue weighted by Gasteiger charge is 2.19. The number of nitrogens with zero attached hydrogens (tertiary/aromatic N) is 3. The first kappa shape index (κ1) is 24.6. The molecule has 0 radical (unpaired) electrons. The van der Waals surface area contributed by atoms with Crippen molar-refractivity contribution in [3.63, 3.8) is 0 Å². The van der Waals surface area contributed by atoms with Crippen LogP contribution in [0, 0.1) is 5.82 Å². The molecule has 0 atom stereocenters. The van der Waals surface area contributed by atoms with Crippen molar-refractivity contribution in [2.45, 2.75) is 39.4 Å². The van der Waals surface area contributed by atoms with Crippen LogP contribution in [0.3, 0.4) is 0 Å². The van der Waals surface area contributed by atoms with Gasteiger partial charge >= 0.3 is 0 Å². The summed E-state index contributed by atoms with van der Waals surface area (Å²) in [5, 5.41) is 14.7. The topological polar surface area (TPSA) is 89.0 Å². The Balaban J connectivity index is 1.55. The molecule has 0 aliphatic carbocycles. The first-order valence-corrected chi connectivity index (χ1v) is 12.2. The lowest BCUT2D eigenvalue weighted by Gasteiger charge is -2.22. The lowest BCUT2D eigenvalue weighted by atomic mass is 9.96. The number of fused-ring (bicyclic) bond motifs is 1. The Morgan fingerprint density at radius 2 is 1.78 bits per heavy atom. The van der Waals surface area contributed by atoms with Crippen LogP contribution in [0.4, 0.5) is 4.39 Å². The van der Waals surface area contributed by atoms with Crippen molar-refractivity contribution in [2.24, 2.45) is 5.73 Å². The van der Waals surface area contributed by atoms with Crippen LogP contribution in [0.25, 0.3) is 39.1 Å². The molecule has 0 amide bonds. The maximum Gasteiger partial charge on any atom is 0.168 e. The molecule has 0 saturated heterocycles. The van der Waals surface area contributed by atoms with Crippen LogP contribution in [0.15, 0.2) is 79.3 Å². The van der Waals surface area contributed by atoms with Crippen LogP contribution >= 0.6 is 0 Å². The van der Waals surface area contributed by atoms with Gasteiger partial charge in [0, 0.05) is 29.9 Å². The number of hydrogen-bond acceptors (Lipinski definition) is 5. The van der Waals surface area contributed by atoms with E-state index >= 15 is 4.39 Å². The van der Waals surface area contributed by atoms with Gasteiger partial charge in [-0.3, -0.25) is 4.57 Å². The highest BCUT2D eigenvalue weighted by molar-refractivity contribution is 5.89. The van der Waals surface area contributed by atoms with Crippen LogP contribution in [0.1, 0.15) is 31.9 Å². The molecule has 0 aliphatic heterocycles. The second kappa shape index (κ2) is 9.76. The van der Waals surface area contributed by atoms with Crippen molar-refractivity contribution in [1.82, 2.24) is 19.9 Å². The van der Waals surface area contributed by atoms with Crippen LogP contribution in [0.2, 0.25) is 0 Å². The molecule has 37 heavy (non-hydrogen) atoms.